The second-order valence-electron chi connectivity index (χ2n) is 13.0. The number of para-hydroxylation sites is 3. The van der Waals surface area contributed by atoms with Crippen molar-refractivity contribution in [1.82, 2.24) is 4.57 Å². The molecule has 0 amide bonds. The van der Waals surface area contributed by atoms with Gasteiger partial charge in [-0.25, -0.2) is 0 Å². The smallest absolute Gasteiger partial charge is 0.0562 e. The Hall–Kier alpha value is -6.64. The number of benzene rings is 8. The fourth-order valence-corrected chi connectivity index (χ4v) is 7.85. The highest BCUT2D eigenvalue weighted by atomic mass is 15.2. The molecule has 2 heteroatoms. The molecule has 0 saturated heterocycles. The zero-order valence-corrected chi connectivity index (χ0v) is 27.4. The maximum Gasteiger partial charge on any atom is 0.0562 e. The Morgan fingerprint density at radius 2 is 0.820 bits per heavy atom. The molecule has 0 unspecified atom stereocenters. The average Bonchev–Trinajstić information content (AvgIpc) is 3.46. The number of hydrogen-bond acceptors (Lipinski definition) is 1. The quantitative estimate of drug-likeness (QED) is 0.187. The highest BCUT2D eigenvalue weighted by molar-refractivity contribution is 6.15. The summed E-state index contributed by atoms with van der Waals surface area (Å²) in [5.74, 6) is 0. The summed E-state index contributed by atoms with van der Waals surface area (Å²) in [4.78, 5) is 2.45. The second kappa shape index (κ2) is 11.5. The Bertz CT molecular complexity index is 2630. The molecule has 1 aromatic heterocycles. The Balaban J connectivity index is 1.33. The minimum atomic E-state index is 1.13. The molecule has 0 fully saturated rings. The molecule has 0 bridgehead atoms. The molecule has 50 heavy (non-hydrogen) atoms. The van der Waals surface area contributed by atoms with Crippen LogP contribution in [-0.4, -0.2) is 4.57 Å². The topological polar surface area (TPSA) is 8.17 Å². The van der Waals surface area contributed by atoms with Gasteiger partial charge in [-0.1, -0.05) is 140 Å². The van der Waals surface area contributed by atoms with E-state index in [1.165, 1.54) is 72.0 Å². The first-order valence-corrected chi connectivity index (χ1v) is 17.2. The number of rotatable bonds is 4. The van der Waals surface area contributed by atoms with E-state index in [1.807, 2.05) is 0 Å². The van der Waals surface area contributed by atoms with Crippen LogP contribution in [0.1, 0.15) is 0 Å². The van der Waals surface area contributed by atoms with Crippen molar-refractivity contribution in [1.29, 1.82) is 0 Å². The molecule has 9 aromatic rings. The van der Waals surface area contributed by atoms with Gasteiger partial charge in [0.1, 0.15) is 0 Å². The van der Waals surface area contributed by atoms with E-state index >= 15 is 0 Å². The number of fused-ring (bicyclic) bond motifs is 8. The molecule has 0 spiro atoms. The van der Waals surface area contributed by atoms with Crippen LogP contribution in [0.2, 0.25) is 0 Å². The maximum atomic E-state index is 2.47. The molecule has 0 radical (unpaired) electrons. The molecule has 0 saturated carbocycles. The van der Waals surface area contributed by atoms with Gasteiger partial charge in [0.15, 0.2) is 0 Å². The lowest BCUT2D eigenvalue weighted by atomic mass is 9.94. The van der Waals surface area contributed by atoms with Crippen LogP contribution in [0.15, 0.2) is 194 Å². The van der Waals surface area contributed by atoms with E-state index in [0.29, 0.717) is 0 Å². The summed E-state index contributed by atoms with van der Waals surface area (Å²) < 4.78 is 2.47. The van der Waals surface area contributed by atoms with Crippen LogP contribution in [-0.2, 0) is 0 Å². The van der Waals surface area contributed by atoms with Crippen molar-refractivity contribution in [3.05, 3.63) is 194 Å². The zero-order valence-electron chi connectivity index (χ0n) is 27.4. The van der Waals surface area contributed by atoms with Gasteiger partial charge in [0.05, 0.1) is 22.4 Å². The van der Waals surface area contributed by atoms with E-state index < -0.39 is 0 Å². The third-order valence-corrected chi connectivity index (χ3v) is 10.1. The van der Waals surface area contributed by atoms with E-state index in [4.69, 9.17) is 0 Å². The first-order chi connectivity index (χ1) is 24.8. The predicted molar refractivity (Wildman–Crippen MR) is 211 cm³/mol. The summed E-state index contributed by atoms with van der Waals surface area (Å²) >= 11 is 0. The standard InChI is InChI=1S/C48H32N2/c1-4-16-33(17-5-1)35-28-36(34-18-6-2-7-19-34)30-38(29-35)50-46-27-15-13-25-42(46)44-31-43-40-23-11-10-22-39(40)41-24-12-14-26-45(41)49(47(43)32-48(44)50)37-20-8-3-9-21-37/h1-32H. The lowest BCUT2D eigenvalue weighted by molar-refractivity contribution is 1.18. The van der Waals surface area contributed by atoms with E-state index in [1.54, 1.807) is 0 Å². The molecule has 0 aliphatic carbocycles. The first-order valence-electron chi connectivity index (χ1n) is 17.2. The molecule has 10 rings (SSSR count). The van der Waals surface area contributed by atoms with Crippen LogP contribution in [0, 0.1) is 0 Å². The normalized spacial score (nSPS) is 12.0. The second-order valence-corrected chi connectivity index (χ2v) is 13.0. The van der Waals surface area contributed by atoms with Gasteiger partial charge in [-0.3, -0.25) is 0 Å². The SMILES string of the molecule is c1ccc(-c2cc(-c3ccccc3)cc(-n3c4ccccc4c4cc5c(cc43)N(c3ccccc3)c3ccccc3-c3ccccc3-5)c2)cc1. The minimum absolute atomic E-state index is 1.13. The van der Waals surface area contributed by atoms with Crippen molar-refractivity contribution in [2.75, 3.05) is 4.90 Å². The number of hydrogen-bond donors (Lipinski definition) is 0. The van der Waals surface area contributed by atoms with Gasteiger partial charge in [-0.2, -0.15) is 0 Å². The van der Waals surface area contributed by atoms with Crippen molar-refractivity contribution in [2.24, 2.45) is 0 Å². The molecule has 2 heterocycles. The van der Waals surface area contributed by atoms with Crippen LogP contribution in [0.25, 0.3) is 72.0 Å². The summed E-state index contributed by atoms with van der Waals surface area (Å²) in [5.41, 5.74) is 16.7. The molecule has 1 aliphatic rings. The summed E-state index contributed by atoms with van der Waals surface area (Å²) in [5, 5.41) is 2.47. The minimum Gasteiger partial charge on any atom is -0.309 e. The van der Waals surface area contributed by atoms with Gasteiger partial charge in [0, 0.05) is 33.3 Å². The van der Waals surface area contributed by atoms with Gasteiger partial charge >= 0.3 is 0 Å². The van der Waals surface area contributed by atoms with Gasteiger partial charge in [-0.15, -0.1) is 0 Å². The summed E-state index contributed by atoms with van der Waals surface area (Å²) in [6.07, 6.45) is 0. The molecular formula is C48H32N2. The van der Waals surface area contributed by atoms with E-state index in [9.17, 15) is 0 Å². The van der Waals surface area contributed by atoms with Crippen molar-refractivity contribution >= 4 is 38.9 Å². The van der Waals surface area contributed by atoms with Crippen LogP contribution < -0.4 is 4.90 Å². The van der Waals surface area contributed by atoms with Crippen molar-refractivity contribution in [2.45, 2.75) is 0 Å². The summed E-state index contributed by atoms with van der Waals surface area (Å²) in [6.45, 7) is 0. The zero-order chi connectivity index (χ0) is 33.0. The summed E-state index contributed by atoms with van der Waals surface area (Å²) in [7, 11) is 0. The molecule has 0 N–H and O–H groups in total. The Kier molecular flexibility index (Phi) is 6.53. The Morgan fingerprint density at radius 1 is 0.280 bits per heavy atom. The van der Waals surface area contributed by atoms with E-state index in [2.05, 4.69) is 204 Å². The first kappa shape index (κ1) is 28.4. The third-order valence-electron chi connectivity index (χ3n) is 10.1. The van der Waals surface area contributed by atoms with Gasteiger partial charge < -0.3 is 9.47 Å². The average molecular weight is 637 g/mol. The lowest BCUT2D eigenvalue weighted by Gasteiger charge is -2.27. The number of nitrogens with zero attached hydrogens (tertiary/aromatic N) is 2. The number of anilines is 3. The summed E-state index contributed by atoms with van der Waals surface area (Å²) in [6, 6.07) is 70.6. The van der Waals surface area contributed by atoms with Crippen LogP contribution in [0.5, 0.6) is 0 Å². The fourth-order valence-electron chi connectivity index (χ4n) is 7.85. The van der Waals surface area contributed by atoms with Crippen molar-refractivity contribution < 1.29 is 0 Å². The van der Waals surface area contributed by atoms with Gasteiger partial charge in [0.2, 0.25) is 0 Å². The van der Waals surface area contributed by atoms with Crippen molar-refractivity contribution in [3.63, 3.8) is 0 Å². The largest absolute Gasteiger partial charge is 0.309 e. The Labute approximate surface area is 291 Å². The van der Waals surface area contributed by atoms with E-state index in [0.717, 1.165) is 17.1 Å². The lowest BCUT2D eigenvalue weighted by Crippen LogP contribution is -2.11. The molecular weight excluding hydrogens is 605 g/mol. The molecule has 8 aromatic carbocycles. The molecule has 2 nitrogen and oxygen atoms in total. The van der Waals surface area contributed by atoms with Crippen LogP contribution >= 0.6 is 0 Å². The highest BCUT2D eigenvalue weighted by Gasteiger charge is 2.28. The predicted octanol–water partition coefficient (Wildman–Crippen LogP) is 13.2. The van der Waals surface area contributed by atoms with Crippen LogP contribution in [0.4, 0.5) is 17.1 Å². The van der Waals surface area contributed by atoms with Crippen LogP contribution in [0.3, 0.4) is 0 Å². The van der Waals surface area contributed by atoms with Gasteiger partial charge in [0.25, 0.3) is 0 Å². The third kappa shape index (κ3) is 4.50. The monoisotopic (exact) mass is 636 g/mol. The van der Waals surface area contributed by atoms with Crippen molar-refractivity contribution in [3.8, 4) is 50.2 Å². The van der Waals surface area contributed by atoms with E-state index in [-0.39, 0.29) is 0 Å². The molecule has 234 valence electrons. The Morgan fingerprint density at radius 3 is 1.50 bits per heavy atom. The van der Waals surface area contributed by atoms with Gasteiger partial charge in [-0.05, 0) is 88.0 Å². The molecule has 0 atom stereocenters. The fraction of sp³-hybridized carbons (Fsp3) is 0. The molecule has 1 aliphatic heterocycles. The number of aromatic nitrogens is 1. The maximum absolute atomic E-state index is 2.47. The highest BCUT2D eigenvalue weighted by Crippen LogP contribution is 2.52.